The number of rotatable bonds is 3. The fourth-order valence-electron chi connectivity index (χ4n) is 3.30. The van der Waals surface area contributed by atoms with Crippen LogP contribution in [-0.4, -0.2) is 36.3 Å². The van der Waals surface area contributed by atoms with Crippen LogP contribution >= 0.6 is 34.5 Å². The molecule has 1 amide bonds. The Morgan fingerprint density at radius 2 is 1.76 bits per heavy atom. The summed E-state index contributed by atoms with van der Waals surface area (Å²) in [7, 11) is -1.74. The lowest BCUT2D eigenvalue weighted by Crippen LogP contribution is -2.27. The van der Waals surface area contributed by atoms with Gasteiger partial charge in [-0.2, -0.15) is 9.30 Å². The summed E-state index contributed by atoms with van der Waals surface area (Å²) >= 11 is 13.6. The van der Waals surface area contributed by atoms with Crippen molar-refractivity contribution in [3.63, 3.8) is 0 Å². The molecule has 1 aliphatic rings. The topological polar surface area (TPSA) is 71.7 Å². The van der Waals surface area contributed by atoms with E-state index in [-0.39, 0.29) is 4.90 Å². The zero-order valence-electron chi connectivity index (χ0n) is 15.4. The summed E-state index contributed by atoms with van der Waals surface area (Å²) in [4.78, 5) is 17.5. The molecular formula is C19H17Cl2N3O3S2. The fraction of sp³-hybridized carbons (Fsp3) is 0.263. The van der Waals surface area contributed by atoms with E-state index >= 15 is 0 Å². The van der Waals surface area contributed by atoms with E-state index in [1.807, 2.05) is 0 Å². The Balaban J connectivity index is 1.66. The molecule has 152 valence electrons. The monoisotopic (exact) mass is 469 g/mol. The first-order chi connectivity index (χ1) is 13.8. The van der Waals surface area contributed by atoms with Gasteiger partial charge >= 0.3 is 0 Å². The molecule has 4 rings (SSSR count). The van der Waals surface area contributed by atoms with Gasteiger partial charge in [-0.05, 0) is 49.2 Å². The number of fused-ring (bicyclic) bond motifs is 1. The molecule has 6 nitrogen and oxygen atoms in total. The van der Waals surface area contributed by atoms with Gasteiger partial charge in [0.05, 0.1) is 20.1 Å². The number of aryl methyl sites for hydroxylation is 1. The lowest BCUT2D eigenvalue weighted by atomic mass is 10.2. The maximum absolute atomic E-state index is 12.6. The molecule has 0 radical (unpaired) electrons. The van der Waals surface area contributed by atoms with E-state index in [0.717, 1.165) is 23.1 Å². The van der Waals surface area contributed by atoms with Crippen molar-refractivity contribution in [3.05, 3.63) is 56.8 Å². The number of carbonyl (C=O) groups is 1. The van der Waals surface area contributed by atoms with Crippen LogP contribution in [0.3, 0.4) is 0 Å². The Morgan fingerprint density at radius 3 is 2.41 bits per heavy atom. The van der Waals surface area contributed by atoms with Crippen LogP contribution in [0.25, 0.3) is 10.2 Å². The van der Waals surface area contributed by atoms with E-state index in [9.17, 15) is 13.2 Å². The zero-order valence-corrected chi connectivity index (χ0v) is 18.6. The Bertz CT molecular complexity index is 1270. The fourth-order valence-corrected chi connectivity index (χ4v) is 6.65. The zero-order chi connectivity index (χ0) is 20.8. The molecule has 1 aliphatic heterocycles. The molecule has 0 saturated carbocycles. The van der Waals surface area contributed by atoms with Crippen LogP contribution in [0, 0.1) is 0 Å². The van der Waals surface area contributed by atoms with Crippen LogP contribution in [0.1, 0.15) is 23.2 Å². The molecule has 1 saturated heterocycles. The third-order valence-electron chi connectivity index (χ3n) is 4.82. The van der Waals surface area contributed by atoms with Crippen LogP contribution in [-0.2, 0) is 17.1 Å². The Kier molecular flexibility index (Phi) is 5.56. The molecule has 1 fully saturated rings. The summed E-state index contributed by atoms with van der Waals surface area (Å²) < 4.78 is 29.2. The Hall–Kier alpha value is -1.71. The van der Waals surface area contributed by atoms with Gasteiger partial charge in [0.25, 0.3) is 5.91 Å². The molecule has 0 spiro atoms. The number of halogens is 2. The molecule has 0 unspecified atom stereocenters. The molecule has 10 heteroatoms. The molecule has 1 aromatic heterocycles. The lowest BCUT2D eigenvalue weighted by Gasteiger charge is -2.15. The molecule has 3 aromatic rings. The van der Waals surface area contributed by atoms with Crippen molar-refractivity contribution in [3.8, 4) is 0 Å². The molecule has 0 N–H and O–H groups in total. The van der Waals surface area contributed by atoms with Gasteiger partial charge in [-0.25, -0.2) is 8.42 Å². The predicted octanol–water partition coefficient (Wildman–Crippen LogP) is 4.07. The number of hydrogen-bond donors (Lipinski definition) is 0. The van der Waals surface area contributed by atoms with E-state index in [2.05, 4.69) is 4.99 Å². The standard InChI is InChI=1S/C19H17Cl2N3O3S2/c1-23-17-15(21)10-13(20)11-16(17)28-19(23)22-18(25)12-4-6-14(7-5-12)29(26,27)24-8-2-3-9-24/h4-7,10-11H,2-3,8-9H2,1H3. The average Bonchev–Trinajstić information content (AvgIpc) is 3.31. The SMILES string of the molecule is Cn1c(=NC(=O)c2ccc(S(=O)(=O)N3CCCC3)cc2)sc2cc(Cl)cc(Cl)c21. The van der Waals surface area contributed by atoms with Gasteiger partial charge in [-0.3, -0.25) is 4.79 Å². The summed E-state index contributed by atoms with van der Waals surface area (Å²) in [5.74, 6) is -0.459. The summed E-state index contributed by atoms with van der Waals surface area (Å²) in [6.45, 7) is 1.07. The number of sulfonamides is 1. The minimum Gasteiger partial charge on any atom is -0.318 e. The highest BCUT2D eigenvalue weighted by atomic mass is 35.5. The van der Waals surface area contributed by atoms with Crippen molar-refractivity contribution in [2.24, 2.45) is 12.0 Å². The summed E-state index contributed by atoms with van der Waals surface area (Å²) in [5.41, 5.74) is 1.06. The van der Waals surface area contributed by atoms with Crippen LogP contribution in [0.2, 0.25) is 10.0 Å². The first-order valence-electron chi connectivity index (χ1n) is 8.91. The first-order valence-corrected chi connectivity index (χ1v) is 11.9. The van der Waals surface area contributed by atoms with E-state index < -0.39 is 15.9 Å². The van der Waals surface area contributed by atoms with Crippen molar-refractivity contribution in [2.75, 3.05) is 13.1 Å². The quantitative estimate of drug-likeness (QED) is 0.580. The third kappa shape index (κ3) is 3.87. The number of amides is 1. The minimum atomic E-state index is -3.51. The highest BCUT2D eigenvalue weighted by molar-refractivity contribution is 7.89. The van der Waals surface area contributed by atoms with Crippen molar-refractivity contribution in [1.29, 1.82) is 0 Å². The van der Waals surface area contributed by atoms with E-state index in [1.165, 1.54) is 39.9 Å². The molecule has 29 heavy (non-hydrogen) atoms. The highest BCUT2D eigenvalue weighted by Crippen LogP contribution is 2.29. The van der Waals surface area contributed by atoms with E-state index in [4.69, 9.17) is 23.2 Å². The van der Waals surface area contributed by atoms with Crippen LogP contribution in [0.4, 0.5) is 0 Å². The number of carbonyl (C=O) groups excluding carboxylic acids is 1. The van der Waals surface area contributed by atoms with E-state index in [0.29, 0.717) is 33.5 Å². The Labute approximate surface area is 182 Å². The van der Waals surface area contributed by atoms with Gasteiger partial charge in [0, 0.05) is 30.7 Å². The number of thiazole rings is 1. The molecule has 0 aliphatic carbocycles. The summed E-state index contributed by atoms with van der Waals surface area (Å²) in [6.07, 6.45) is 1.74. The van der Waals surface area contributed by atoms with Crippen LogP contribution in [0.5, 0.6) is 0 Å². The van der Waals surface area contributed by atoms with Gasteiger partial charge in [-0.15, -0.1) is 0 Å². The molecule has 2 aromatic carbocycles. The second kappa shape index (κ2) is 7.85. The van der Waals surface area contributed by atoms with Crippen molar-refractivity contribution < 1.29 is 13.2 Å². The summed E-state index contributed by atoms with van der Waals surface area (Å²) in [6, 6.07) is 9.31. The van der Waals surface area contributed by atoms with Gasteiger partial charge in [0.15, 0.2) is 4.80 Å². The maximum atomic E-state index is 12.6. The number of nitrogens with zero attached hydrogens (tertiary/aromatic N) is 3. The normalized spacial score (nSPS) is 16.0. The highest BCUT2D eigenvalue weighted by Gasteiger charge is 2.27. The lowest BCUT2D eigenvalue weighted by molar-refractivity contribution is 0.0998. The van der Waals surface area contributed by atoms with E-state index in [1.54, 1.807) is 23.7 Å². The average molecular weight is 470 g/mol. The minimum absolute atomic E-state index is 0.185. The van der Waals surface area contributed by atoms with Crippen LogP contribution < -0.4 is 4.80 Å². The number of hydrogen-bond acceptors (Lipinski definition) is 4. The Morgan fingerprint density at radius 1 is 1.10 bits per heavy atom. The van der Waals surface area contributed by atoms with Crippen molar-refractivity contribution in [2.45, 2.75) is 17.7 Å². The summed E-state index contributed by atoms with van der Waals surface area (Å²) in [5, 5.41) is 0.994. The molecular weight excluding hydrogens is 453 g/mol. The van der Waals surface area contributed by atoms with Gasteiger partial charge < -0.3 is 4.57 Å². The molecule has 2 heterocycles. The first kappa shape index (κ1) is 20.6. The molecule has 0 atom stereocenters. The number of benzene rings is 2. The van der Waals surface area contributed by atoms with Gasteiger partial charge in [0.1, 0.15) is 0 Å². The second-order valence-electron chi connectivity index (χ2n) is 6.73. The largest absolute Gasteiger partial charge is 0.318 e. The van der Waals surface area contributed by atoms with Crippen LogP contribution in [0.15, 0.2) is 46.3 Å². The maximum Gasteiger partial charge on any atom is 0.279 e. The second-order valence-corrected chi connectivity index (χ2v) is 10.5. The van der Waals surface area contributed by atoms with Gasteiger partial charge in [0.2, 0.25) is 10.0 Å². The number of aromatic nitrogens is 1. The van der Waals surface area contributed by atoms with Gasteiger partial charge in [-0.1, -0.05) is 34.5 Å². The van der Waals surface area contributed by atoms with Crippen molar-refractivity contribution in [1.82, 2.24) is 8.87 Å². The smallest absolute Gasteiger partial charge is 0.279 e. The van der Waals surface area contributed by atoms with Crippen molar-refractivity contribution >= 4 is 60.7 Å². The predicted molar refractivity (Wildman–Crippen MR) is 115 cm³/mol. The molecule has 0 bridgehead atoms. The third-order valence-corrected chi connectivity index (χ3v) is 8.32.